The molecule has 1 N–H and O–H groups in total. The molecule has 0 atom stereocenters. The van der Waals surface area contributed by atoms with Crippen LogP contribution in [0.2, 0.25) is 0 Å². The Labute approximate surface area is 154 Å². The van der Waals surface area contributed by atoms with Gasteiger partial charge in [0.2, 0.25) is 0 Å². The Kier molecular flexibility index (Phi) is 5.69. The molecular formula is C18H20F3N5O. The van der Waals surface area contributed by atoms with Gasteiger partial charge in [-0.25, -0.2) is 9.97 Å². The van der Waals surface area contributed by atoms with Crippen LogP contribution in [0.1, 0.15) is 40.4 Å². The fourth-order valence-electron chi connectivity index (χ4n) is 3.05. The smallest absolute Gasteiger partial charge is 0.339 e. The summed E-state index contributed by atoms with van der Waals surface area (Å²) in [5.41, 5.74) is -0.0410. The van der Waals surface area contributed by atoms with Crippen molar-refractivity contribution in [2.45, 2.75) is 38.5 Å². The lowest BCUT2D eigenvalue weighted by Gasteiger charge is -2.32. The van der Waals surface area contributed by atoms with E-state index < -0.39 is 11.9 Å². The number of alkyl halides is 3. The third-order valence-corrected chi connectivity index (χ3v) is 4.45. The monoisotopic (exact) mass is 379 g/mol. The number of carbonyl (C=O) groups excluding carboxylic acids is 1. The van der Waals surface area contributed by atoms with Gasteiger partial charge in [-0.1, -0.05) is 0 Å². The van der Waals surface area contributed by atoms with Crippen LogP contribution in [0, 0.1) is 6.92 Å². The summed E-state index contributed by atoms with van der Waals surface area (Å²) in [6, 6.07) is 4.40. The lowest BCUT2D eigenvalue weighted by atomic mass is 10.0. The first-order valence-electron chi connectivity index (χ1n) is 8.67. The number of carbonyl (C=O) groups is 1. The first-order valence-corrected chi connectivity index (χ1v) is 8.67. The van der Waals surface area contributed by atoms with Crippen LogP contribution in [0.25, 0.3) is 0 Å². The molecule has 3 heterocycles. The molecule has 3 rings (SSSR count). The maximum Gasteiger partial charge on any atom is 0.433 e. The maximum atomic E-state index is 12.8. The number of nitrogens with one attached hydrogen (secondary N) is 1. The average molecular weight is 379 g/mol. The van der Waals surface area contributed by atoms with Crippen molar-refractivity contribution in [3.05, 3.63) is 53.4 Å². The predicted octanol–water partition coefficient (Wildman–Crippen LogP) is 2.59. The van der Waals surface area contributed by atoms with Gasteiger partial charge < -0.3 is 10.2 Å². The number of aryl methyl sites for hydroxylation is 1. The molecule has 0 bridgehead atoms. The number of aromatic nitrogens is 3. The Morgan fingerprint density at radius 2 is 1.89 bits per heavy atom. The number of piperidine rings is 1. The van der Waals surface area contributed by atoms with E-state index in [1.807, 2.05) is 0 Å². The molecule has 1 amide bonds. The molecule has 2 aromatic rings. The molecule has 9 heteroatoms. The Morgan fingerprint density at radius 1 is 1.22 bits per heavy atom. The minimum atomic E-state index is -4.49. The van der Waals surface area contributed by atoms with Gasteiger partial charge in [0.1, 0.15) is 11.5 Å². The minimum absolute atomic E-state index is 0.0345. The molecule has 0 aliphatic carbocycles. The summed E-state index contributed by atoms with van der Waals surface area (Å²) in [4.78, 5) is 25.8. The molecule has 27 heavy (non-hydrogen) atoms. The first kappa shape index (κ1) is 19.2. The van der Waals surface area contributed by atoms with Crippen LogP contribution in [0.5, 0.6) is 0 Å². The van der Waals surface area contributed by atoms with Gasteiger partial charge in [-0.2, -0.15) is 13.2 Å². The fraction of sp³-hybridized carbons (Fsp3) is 0.444. The van der Waals surface area contributed by atoms with Crippen molar-refractivity contribution >= 4 is 5.91 Å². The molecule has 0 radical (unpaired) electrons. The van der Waals surface area contributed by atoms with Crippen LogP contribution in [-0.2, 0) is 12.7 Å². The normalized spacial score (nSPS) is 15.8. The lowest BCUT2D eigenvalue weighted by molar-refractivity contribution is -0.141. The molecule has 1 aliphatic heterocycles. The molecule has 0 spiro atoms. The zero-order valence-corrected chi connectivity index (χ0v) is 14.8. The molecule has 1 fully saturated rings. The second-order valence-electron chi connectivity index (χ2n) is 6.49. The number of hydrogen-bond donors (Lipinski definition) is 1. The number of nitrogens with zero attached hydrogens (tertiary/aromatic N) is 4. The van der Waals surface area contributed by atoms with Crippen LogP contribution in [0.3, 0.4) is 0 Å². The Morgan fingerprint density at radius 3 is 2.52 bits per heavy atom. The van der Waals surface area contributed by atoms with Crippen molar-refractivity contribution in [1.82, 2.24) is 25.2 Å². The van der Waals surface area contributed by atoms with Gasteiger partial charge in [-0.05, 0) is 38.0 Å². The molecule has 2 aromatic heterocycles. The average Bonchev–Trinajstić information content (AvgIpc) is 2.66. The van der Waals surface area contributed by atoms with Crippen molar-refractivity contribution in [1.29, 1.82) is 0 Å². The highest BCUT2D eigenvalue weighted by atomic mass is 19.4. The van der Waals surface area contributed by atoms with Crippen LogP contribution in [-0.4, -0.2) is 44.9 Å². The summed E-state index contributed by atoms with van der Waals surface area (Å²) in [6.45, 7) is 2.85. The number of pyridine rings is 1. The lowest BCUT2D eigenvalue weighted by Crippen LogP contribution is -2.44. The minimum Gasteiger partial charge on any atom is -0.339 e. The van der Waals surface area contributed by atoms with Crippen LogP contribution < -0.4 is 5.32 Å². The molecule has 6 nitrogen and oxygen atoms in total. The number of hydrogen-bond acceptors (Lipinski definition) is 5. The van der Waals surface area contributed by atoms with E-state index in [-0.39, 0.29) is 30.0 Å². The molecule has 144 valence electrons. The van der Waals surface area contributed by atoms with E-state index in [1.165, 1.54) is 6.92 Å². The van der Waals surface area contributed by atoms with Gasteiger partial charge in [0, 0.05) is 42.8 Å². The van der Waals surface area contributed by atoms with Gasteiger partial charge in [0.05, 0.1) is 6.54 Å². The summed E-state index contributed by atoms with van der Waals surface area (Å²) in [5.74, 6) is 0.0882. The molecule has 0 saturated carbocycles. The van der Waals surface area contributed by atoms with Crippen LogP contribution in [0.15, 0.2) is 30.6 Å². The number of rotatable bonds is 4. The fourth-order valence-corrected chi connectivity index (χ4v) is 3.05. The third-order valence-electron chi connectivity index (χ3n) is 4.45. The molecule has 0 unspecified atom stereocenters. The Balaban J connectivity index is 1.53. The van der Waals surface area contributed by atoms with Crippen molar-refractivity contribution < 1.29 is 18.0 Å². The van der Waals surface area contributed by atoms with E-state index in [2.05, 4.69) is 20.3 Å². The molecule has 0 aromatic carbocycles. The Hall–Kier alpha value is -2.55. The highest BCUT2D eigenvalue weighted by Crippen LogP contribution is 2.27. The van der Waals surface area contributed by atoms with Gasteiger partial charge in [-0.15, -0.1) is 0 Å². The topological polar surface area (TPSA) is 71.0 Å². The maximum absolute atomic E-state index is 12.8. The van der Waals surface area contributed by atoms with Gasteiger partial charge in [0.15, 0.2) is 0 Å². The van der Waals surface area contributed by atoms with E-state index in [1.54, 1.807) is 29.4 Å². The van der Waals surface area contributed by atoms with Gasteiger partial charge in [0.25, 0.3) is 5.91 Å². The summed E-state index contributed by atoms with van der Waals surface area (Å²) in [6.07, 6.45) is 0.113. The quantitative estimate of drug-likeness (QED) is 0.884. The van der Waals surface area contributed by atoms with Crippen molar-refractivity contribution in [2.24, 2.45) is 0 Å². The third kappa shape index (κ3) is 5.00. The van der Waals surface area contributed by atoms with Crippen molar-refractivity contribution in [3.63, 3.8) is 0 Å². The summed E-state index contributed by atoms with van der Waals surface area (Å²) in [7, 11) is 0. The van der Waals surface area contributed by atoms with Crippen molar-refractivity contribution in [2.75, 3.05) is 13.1 Å². The highest BCUT2D eigenvalue weighted by Gasteiger charge is 2.33. The van der Waals surface area contributed by atoms with E-state index in [9.17, 15) is 18.0 Å². The van der Waals surface area contributed by atoms with Crippen LogP contribution in [0.4, 0.5) is 13.2 Å². The van der Waals surface area contributed by atoms with E-state index in [4.69, 9.17) is 0 Å². The first-order chi connectivity index (χ1) is 12.8. The Bertz CT molecular complexity index is 789. The van der Waals surface area contributed by atoms with Crippen LogP contribution >= 0.6 is 0 Å². The SMILES string of the molecule is Cc1cc(C(F)(F)F)nc(CNC2CCN(C(=O)c3ccncc3)CC2)n1. The molecular weight excluding hydrogens is 359 g/mol. The predicted molar refractivity (Wildman–Crippen MR) is 91.8 cm³/mol. The number of likely N-dealkylation sites (tertiary alicyclic amines) is 1. The van der Waals surface area contributed by atoms with Gasteiger partial charge in [-0.3, -0.25) is 9.78 Å². The second-order valence-corrected chi connectivity index (χ2v) is 6.49. The van der Waals surface area contributed by atoms with E-state index >= 15 is 0 Å². The summed E-state index contributed by atoms with van der Waals surface area (Å²) >= 11 is 0. The largest absolute Gasteiger partial charge is 0.433 e. The van der Waals surface area contributed by atoms with E-state index in [0.717, 1.165) is 18.9 Å². The van der Waals surface area contributed by atoms with Crippen molar-refractivity contribution in [3.8, 4) is 0 Å². The summed E-state index contributed by atoms with van der Waals surface area (Å²) < 4.78 is 38.5. The number of amides is 1. The van der Waals surface area contributed by atoms with E-state index in [0.29, 0.717) is 18.7 Å². The zero-order valence-electron chi connectivity index (χ0n) is 14.8. The second kappa shape index (κ2) is 7.99. The highest BCUT2D eigenvalue weighted by molar-refractivity contribution is 5.94. The molecule has 1 saturated heterocycles. The van der Waals surface area contributed by atoms with Gasteiger partial charge >= 0.3 is 6.18 Å². The summed E-state index contributed by atoms with van der Waals surface area (Å²) in [5, 5.41) is 3.20. The molecule has 1 aliphatic rings. The standard InChI is InChI=1S/C18H20F3N5O/c1-12-10-15(18(19,20)21)25-16(24-12)11-23-14-4-8-26(9-5-14)17(27)13-2-6-22-7-3-13/h2-3,6-7,10,14,23H,4-5,8-9,11H2,1H3. The number of halogens is 3. The zero-order chi connectivity index (χ0) is 19.4.